The molecule has 0 aliphatic rings. The number of hydrogen-bond donors (Lipinski definition) is 0. The number of nitrogens with zero attached hydrogens (tertiary/aromatic N) is 5. The van der Waals surface area contributed by atoms with Gasteiger partial charge in [0.1, 0.15) is 0 Å². The third-order valence-electron chi connectivity index (χ3n) is 9.13. The van der Waals surface area contributed by atoms with Crippen molar-refractivity contribution in [2.24, 2.45) is 0 Å². The van der Waals surface area contributed by atoms with Crippen LogP contribution in [-0.2, 0) is 0 Å². The Morgan fingerprint density at radius 1 is 0.370 bits per heavy atom. The van der Waals surface area contributed by atoms with E-state index in [1.54, 1.807) is 0 Å². The van der Waals surface area contributed by atoms with Gasteiger partial charge in [0.15, 0.2) is 17.5 Å². The summed E-state index contributed by atoms with van der Waals surface area (Å²) in [6, 6.07) is 51.0. The quantitative estimate of drug-likeness (QED) is 0.207. The van der Waals surface area contributed by atoms with Gasteiger partial charge in [-0.15, -0.1) is 0 Å². The summed E-state index contributed by atoms with van der Waals surface area (Å²) in [6.45, 7) is 0. The summed E-state index contributed by atoms with van der Waals surface area (Å²) in [5.41, 5.74) is 8.75. The van der Waals surface area contributed by atoms with Gasteiger partial charge in [0.25, 0.3) is 0 Å². The Hall–Kier alpha value is -6.33. The second-order valence-electron chi connectivity index (χ2n) is 11.7. The molecule has 4 heterocycles. The molecule has 5 nitrogen and oxygen atoms in total. The van der Waals surface area contributed by atoms with Crippen molar-refractivity contribution < 1.29 is 0 Å². The Labute approximate surface area is 263 Å². The summed E-state index contributed by atoms with van der Waals surface area (Å²) >= 11 is 0. The van der Waals surface area contributed by atoms with Crippen molar-refractivity contribution in [1.29, 1.82) is 0 Å². The molecule has 0 aliphatic carbocycles. The van der Waals surface area contributed by atoms with Crippen LogP contribution < -0.4 is 0 Å². The molecule has 4 aromatic heterocycles. The Morgan fingerprint density at radius 2 is 0.957 bits per heavy atom. The molecule has 5 heteroatoms. The lowest BCUT2D eigenvalue weighted by molar-refractivity contribution is 1.07. The SMILES string of the molecule is c1ccc(-c2nc(-c3ccccc3)nc(-c3ccc4c(c3)c3cccc5c6ccccc6n6ccc7cccc(c76)n4c53)n2)cc1. The minimum Gasteiger partial charge on any atom is -0.314 e. The van der Waals surface area contributed by atoms with E-state index in [9.17, 15) is 0 Å². The summed E-state index contributed by atoms with van der Waals surface area (Å²) in [7, 11) is 0. The maximum atomic E-state index is 5.02. The molecule has 0 N–H and O–H groups in total. The molecule has 0 bridgehead atoms. The third-order valence-corrected chi connectivity index (χ3v) is 9.13. The molecule has 0 atom stereocenters. The van der Waals surface area contributed by atoms with Crippen LogP contribution in [0.4, 0.5) is 0 Å². The normalized spacial score (nSPS) is 11.9. The molecule has 6 aromatic carbocycles. The van der Waals surface area contributed by atoms with Crippen molar-refractivity contribution in [3.05, 3.63) is 152 Å². The molecule has 0 radical (unpaired) electrons. The minimum absolute atomic E-state index is 0.650. The first kappa shape index (κ1) is 25.0. The molecule has 214 valence electrons. The highest BCUT2D eigenvalue weighted by Gasteiger charge is 2.18. The number of benzene rings is 6. The van der Waals surface area contributed by atoms with Gasteiger partial charge in [-0.05, 0) is 36.4 Å². The Balaban J connectivity index is 1.32. The molecule has 0 amide bonds. The second-order valence-corrected chi connectivity index (χ2v) is 11.7. The lowest BCUT2D eigenvalue weighted by atomic mass is 10.1. The zero-order chi connectivity index (χ0) is 30.2. The fourth-order valence-electron chi connectivity index (χ4n) is 7.08. The molecule has 0 unspecified atom stereocenters. The monoisotopic (exact) mass is 587 g/mol. The highest BCUT2D eigenvalue weighted by molar-refractivity contribution is 6.21. The summed E-state index contributed by atoms with van der Waals surface area (Å²) in [5.74, 6) is 1.96. The lowest BCUT2D eigenvalue weighted by Crippen LogP contribution is -2.00. The molecule has 0 saturated heterocycles. The third kappa shape index (κ3) is 3.60. The number of aromatic nitrogens is 5. The van der Waals surface area contributed by atoms with Gasteiger partial charge in [-0.3, -0.25) is 0 Å². The number of hydrogen-bond acceptors (Lipinski definition) is 3. The Bertz CT molecular complexity index is 2740. The topological polar surface area (TPSA) is 47.5 Å². The van der Waals surface area contributed by atoms with Crippen molar-refractivity contribution in [3.63, 3.8) is 0 Å². The summed E-state index contributed by atoms with van der Waals surface area (Å²) in [5, 5.41) is 5.99. The van der Waals surface area contributed by atoms with E-state index in [1.165, 1.54) is 38.1 Å². The molecule has 0 spiro atoms. The predicted octanol–water partition coefficient (Wildman–Crippen LogP) is 9.99. The van der Waals surface area contributed by atoms with Gasteiger partial charge in [0, 0.05) is 49.8 Å². The van der Waals surface area contributed by atoms with Crippen LogP contribution in [0.25, 0.3) is 88.7 Å². The summed E-state index contributed by atoms with van der Waals surface area (Å²) in [6.07, 6.45) is 2.19. The van der Waals surface area contributed by atoms with Gasteiger partial charge in [0.05, 0.1) is 27.6 Å². The van der Waals surface area contributed by atoms with Crippen LogP contribution in [0.3, 0.4) is 0 Å². The molecule has 10 aromatic rings. The molecule has 0 saturated carbocycles. The average molecular weight is 588 g/mol. The molecule has 46 heavy (non-hydrogen) atoms. The average Bonchev–Trinajstić information content (AvgIpc) is 3.71. The number of para-hydroxylation sites is 3. The fraction of sp³-hybridized carbons (Fsp3) is 0. The van der Waals surface area contributed by atoms with Crippen LogP contribution in [0.2, 0.25) is 0 Å². The predicted molar refractivity (Wildman–Crippen MR) is 188 cm³/mol. The molecule has 0 aliphatic heterocycles. The van der Waals surface area contributed by atoms with E-state index in [1.807, 2.05) is 60.7 Å². The van der Waals surface area contributed by atoms with Crippen LogP contribution >= 0.6 is 0 Å². The summed E-state index contributed by atoms with van der Waals surface area (Å²) in [4.78, 5) is 14.9. The highest BCUT2D eigenvalue weighted by atomic mass is 15.0. The van der Waals surface area contributed by atoms with Crippen molar-refractivity contribution in [2.45, 2.75) is 0 Å². The number of fused-ring (bicyclic) bond motifs is 7. The van der Waals surface area contributed by atoms with Crippen LogP contribution in [0, 0.1) is 0 Å². The first-order chi connectivity index (χ1) is 22.8. The van der Waals surface area contributed by atoms with Gasteiger partial charge >= 0.3 is 0 Å². The van der Waals surface area contributed by atoms with Crippen LogP contribution in [0.1, 0.15) is 0 Å². The van der Waals surface area contributed by atoms with Crippen LogP contribution in [0.5, 0.6) is 0 Å². The van der Waals surface area contributed by atoms with Gasteiger partial charge in [-0.1, -0.05) is 109 Å². The maximum Gasteiger partial charge on any atom is 0.164 e. The van der Waals surface area contributed by atoms with E-state index in [0.29, 0.717) is 17.5 Å². The van der Waals surface area contributed by atoms with Crippen LogP contribution in [0.15, 0.2) is 152 Å². The van der Waals surface area contributed by atoms with E-state index in [2.05, 4.69) is 99.9 Å². The first-order valence-electron chi connectivity index (χ1n) is 15.5. The zero-order valence-corrected chi connectivity index (χ0v) is 24.7. The van der Waals surface area contributed by atoms with Gasteiger partial charge < -0.3 is 8.80 Å². The molecule has 0 fully saturated rings. The van der Waals surface area contributed by atoms with Crippen molar-refractivity contribution in [1.82, 2.24) is 23.8 Å². The number of rotatable bonds is 3. The fourth-order valence-corrected chi connectivity index (χ4v) is 7.08. The molecular weight excluding hydrogens is 562 g/mol. The van der Waals surface area contributed by atoms with Gasteiger partial charge in [0.2, 0.25) is 0 Å². The van der Waals surface area contributed by atoms with Crippen LogP contribution in [-0.4, -0.2) is 23.8 Å². The van der Waals surface area contributed by atoms with Crippen molar-refractivity contribution >= 4 is 54.5 Å². The van der Waals surface area contributed by atoms with Crippen molar-refractivity contribution in [3.8, 4) is 34.2 Å². The van der Waals surface area contributed by atoms with Gasteiger partial charge in [-0.25, -0.2) is 15.0 Å². The highest BCUT2D eigenvalue weighted by Crippen LogP contribution is 2.39. The Kier molecular flexibility index (Phi) is 5.22. The maximum absolute atomic E-state index is 5.02. The minimum atomic E-state index is 0.650. The van der Waals surface area contributed by atoms with Crippen molar-refractivity contribution in [2.75, 3.05) is 0 Å². The molecular formula is C41H25N5. The van der Waals surface area contributed by atoms with E-state index >= 15 is 0 Å². The van der Waals surface area contributed by atoms with E-state index in [-0.39, 0.29) is 0 Å². The lowest BCUT2D eigenvalue weighted by Gasteiger charge is -2.10. The Morgan fingerprint density at radius 3 is 1.70 bits per heavy atom. The summed E-state index contributed by atoms with van der Waals surface area (Å²) < 4.78 is 4.78. The largest absolute Gasteiger partial charge is 0.314 e. The standard InChI is InChI=1S/C41H25N5/c1-3-11-27(12-4-1)39-42-40(28-13-5-2-6-14-28)44-41(43-39)29-21-22-35-33(25-29)32-18-10-17-31-30-16-7-8-19-34(30)45-24-23-26-15-9-20-36(37(26)45)46(35)38(31)32/h1-25H. The second kappa shape index (κ2) is 9.58. The van der Waals surface area contributed by atoms with E-state index in [4.69, 9.17) is 15.0 Å². The smallest absolute Gasteiger partial charge is 0.164 e. The van der Waals surface area contributed by atoms with Gasteiger partial charge in [-0.2, -0.15) is 0 Å². The molecule has 10 rings (SSSR count). The van der Waals surface area contributed by atoms with E-state index < -0.39 is 0 Å². The zero-order valence-electron chi connectivity index (χ0n) is 24.7. The van der Waals surface area contributed by atoms with E-state index in [0.717, 1.165) is 33.1 Å². The first-order valence-corrected chi connectivity index (χ1v) is 15.5.